The Bertz CT molecular complexity index is 324. The molecule has 0 aliphatic carbocycles. The molecule has 1 aromatic heterocycles. The summed E-state index contributed by atoms with van der Waals surface area (Å²) in [5.41, 5.74) is 5.54. The number of nitrogens with two attached hydrogens (primary N) is 1. The standard InChI is InChI=1S/C9H15N3O3/c1-3-7(10)14-8-5-6(15-12-8)9(13)11-4-2/h5,7H,3-4,10H2,1-2H3,(H,11,13). The van der Waals surface area contributed by atoms with Crippen molar-refractivity contribution in [1.82, 2.24) is 10.5 Å². The Labute approximate surface area is 87.8 Å². The van der Waals surface area contributed by atoms with Gasteiger partial charge in [-0.1, -0.05) is 6.92 Å². The zero-order chi connectivity index (χ0) is 11.3. The van der Waals surface area contributed by atoms with Gasteiger partial charge in [0.1, 0.15) is 6.23 Å². The fraction of sp³-hybridized carbons (Fsp3) is 0.556. The van der Waals surface area contributed by atoms with E-state index in [0.29, 0.717) is 13.0 Å². The van der Waals surface area contributed by atoms with Gasteiger partial charge in [-0.15, -0.1) is 0 Å². The molecule has 1 rings (SSSR count). The maximum atomic E-state index is 11.3. The van der Waals surface area contributed by atoms with Crippen molar-refractivity contribution >= 4 is 5.91 Å². The second kappa shape index (κ2) is 5.35. The predicted octanol–water partition coefficient (Wildman–Crippen LogP) is 0.498. The van der Waals surface area contributed by atoms with Gasteiger partial charge in [-0.3, -0.25) is 10.5 Å². The topological polar surface area (TPSA) is 90.4 Å². The van der Waals surface area contributed by atoms with Gasteiger partial charge >= 0.3 is 0 Å². The SMILES string of the molecule is CCNC(=O)c1cc(OC(N)CC)no1. The van der Waals surface area contributed by atoms with Crippen LogP contribution in [-0.4, -0.2) is 23.8 Å². The first-order valence-corrected chi connectivity index (χ1v) is 4.84. The Hall–Kier alpha value is -1.56. The first-order chi connectivity index (χ1) is 7.17. The minimum Gasteiger partial charge on any atom is -0.457 e. The number of carbonyl (C=O) groups excluding carboxylic acids is 1. The largest absolute Gasteiger partial charge is 0.457 e. The van der Waals surface area contributed by atoms with Gasteiger partial charge in [0.25, 0.3) is 11.8 Å². The summed E-state index contributed by atoms with van der Waals surface area (Å²) in [6.45, 7) is 4.23. The maximum absolute atomic E-state index is 11.3. The summed E-state index contributed by atoms with van der Waals surface area (Å²) in [5.74, 6) is 0.0330. The van der Waals surface area contributed by atoms with Crippen molar-refractivity contribution in [3.05, 3.63) is 11.8 Å². The third-order valence-electron chi connectivity index (χ3n) is 1.72. The minimum atomic E-state index is -0.433. The lowest BCUT2D eigenvalue weighted by molar-refractivity contribution is 0.0918. The van der Waals surface area contributed by atoms with Gasteiger partial charge in [-0.25, -0.2) is 0 Å². The summed E-state index contributed by atoms with van der Waals surface area (Å²) >= 11 is 0. The van der Waals surface area contributed by atoms with Crippen LogP contribution in [0.1, 0.15) is 30.8 Å². The minimum absolute atomic E-state index is 0.121. The quantitative estimate of drug-likeness (QED) is 0.695. The molecule has 0 aliphatic rings. The van der Waals surface area contributed by atoms with Crippen LogP contribution in [-0.2, 0) is 0 Å². The number of aromatic nitrogens is 1. The van der Waals surface area contributed by atoms with Gasteiger partial charge in [0.05, 0.1) is 6.07 Å². The molecule has 0 bridgehead atoms. The summed E-state index contributed by atoms with van der Waals surface area (Å²) in [7, 11) is 0. The molecule has 0 saturated heterocycles. The molecule has 1 atom stereocenters. The molecule has 6 nitrogen and oxygen atoms in total. The van der Waals surface area contributed by atoms with Gasteiger partial charge in [-0.05, 0) is 18.5 Å². The van der Waals surface area contributed by atoms with E-state index in [4.69, 9.17) is 15.0 Å². The monoisotopic (exact) mass is 213 g/mol. The van der Waals surface area contributed by atoms with Crippen molar-refractivity contribution in [3.8, 4) is 5.88 Å². The summed E-state index contributed by atoms with van der Waals surface area (Å²) in [6.07, 6.45) is 0.223. The van der Waals surface area contributed by atoms with E-state index in [0.717, 1.165) is 0 Å². The Morgan fingerprint density at radius 3 is 3.07 bits per heavy atom. The molecule has 0 radical (unpaired) electrons. The smallest absolute Gasteiger partial charge is 0.290 e. The van der Waals surface area contributed by atoms with Crippen LogP contribution in [0.15, 0.2) is 10.6 Å². The van der Waals surface area contributed by atoms with Crippen LogP contribution in [0.3, 0.4) is 0 Å². The third kappa shape index (κ3) is 3.25. The molecular formula is C9H15N3O3. The maximum Gasteiger partial charge on any atom is 0.290 e. The highest BCUT2D eigenvalue weighted by atomic mass is 16.6. The molecule has 1 aromatic rings. The van der Waals surface area contributed by atoms with E-state index in [9.17, 15) is 4.79 Å². The van der Waals surface area contributed by atoms with E-state index >= 15 is 0 Å². The molecule has 15 heavy (non-hydrogen) atoms. The van der Waals surface area contributed by atoms with Crippen molar-refractivity contribution in [2.75, 3.05) is 6.54 Å². The fourth-order valence-corrected chi connectivity index (χ4v) is 0.908. The summed E-state index contributed by atoms with van der Waals surface area (Å²) in [5, 5.41) is 6.15. The summed E-state index contributed by atoms with van der Waals surface area (Å²) < 4.78 is 9.95. The van der Waals surface area contributed by atoms with Gasteiger partial charge in [0, 0.05) is 6.54 Å². The van der Waals surface area contributed by atoms with E-state index in [-0.39, 0.29) is 17.5 Å². The second-order valence-electron chi connectivity index (χ2n) is 2.95. The second-order valence-corrected chi connectivity index (χ2v) is 2.95. The number of hydrogen-bond acceptors (Lipinski definition) is 5. The fourth-order valence-electron chi connectivity index (χ4n) is 0.908. The lowest BCUT2D eigenvalue weighted by Gasteiger charge is -2.07. The zero-order valence-corrected chi connectivity index (χ0v) is 8.82. The molecule has 3 N–H and O–H groups in total. The van der Waals surface area contributed by atoms with E-state index in [1.807, 2.05) is 13.8 Å². The summed E-state index contributed by atoms with van der Waals surface area (Å²) in [4.78, 5) is 11.3. The van der Waals surface area contributed by atoms with Crippen molar-refractivity contribution in [3.63, 3.8) is 0 Å². The molecule has 1 unspecified atom stereocenters. The Kier molecular flexibility index (Phi) is 4.11. The number of nitrogens with zero attached hydrogens (tertiary/aromatic N) is 1. The molecule has 0 aromatic carbocycles. The molecule has 1 heterocycles. The zero-order valence-electron chi connectivity index (χ0n) is 8.82. The van der Waals surface area contributed by atoms with Crippen molar-refractivity contribution in [1.29, 1.82) is 0 Å². The highest BCUT2D eigenvalue weighted by molar-refractivity contribution is 5.91. The van der Waals surface area contributed by atoms with Gasteiger partial charge in [0.2, 0.25) is 5.76 Å². The Morgan fingerprint density at radius 1 is 1.73 bits per heavy atom. The van der Waals surface area contributed by atoms with Crippen molar-refractivity contribution in [2.24, 2.45) is 5.73 Å². The van der Waals surface area contributed by atoms with Crippen LogP contribution >= 0.6 is 0 Å². The average molecular weight is 213 g/mol. The third-order valence-corrected chi connectivity index (χ3v) is 1.72. The number of carbonyl (C=O) groups is 1. The number of rotatable bonds is 5. The molecule has 1 amide bonds. The molecule has 0 saturated carbocycles. The van der Waals surface area contributed by atoms with Crippen molar-refractivity contribution < 1.29 is 14.1 Å². The Balaban J connectivity index is 2.59. The van der Waals surface area contributed by atoms with Gasteiger partial charge < -0.3 is 14.6 Å². The van der Waals surface area contributed by atoms with Crippen LogP contribution in [0.25, 0.3) is 0 Å². The molecule has 0 spiro atoms. The Morgan fingerprint density at radius 2 is 2.47 bits per heavy atom. The lowest BCUT2D eigenvalue weighted by atomic mass is 10.4. The number of hydrogen-bond donors (Lipinski definition) is 2. The van der Waals surface area contributed by atoms with E-state index < -0.39 is 6.23 Å². The normalized spacial score (nSPS) is 12.2. The highest BCUT2D eigenvalue weighted by Crippen LogP contribution is 2.12. The van der Waals surface area contributed by atoms with Gasteiger partial charge in [-0.2, -0.15) is 0 Å². The summed E-state index contributed by atoms with van der Waals surface area (Å²) in [6, 6.07) is 1.42. The van der Waals surface area contributed by atoms with E-state index in [2.05, 4.69) is 10.5 Å². The predicted molar refractivity (Wildman–Crippen MR) is 53.4 cm³/mol. The first kappa shape index (κ1) is 11.5. The first-order valence-electron chi connectivity index (χ1n) is 4.84. The van der Waals surface area contributed by atoms with E-state index in [1.54, 1.807) is 0 Å². The molecule has 0 fully saturated rings. The van der Waals surface area contributed by atoms with Crippen LogP contribution in [0.5, 0.6) is 5.88 Å². The number of amides is 1. The van der Waals surface area contributed by atoms with Crippen LogP contribution in [0.4, 0.5) is 0 Å². The van der Waals surface area contributed by atoms with Crippen LogP contribution in [0.2, 0.25) is 0 Å². The average Bonchev–Trinajstić information content (AvgIpc) is 2.66. The molecular weight excluding hydrogens is 198 g/mol. The molecule has 6 heteroatoms. The number of nitrogens with one attached hydrogen (secondary N) is 1. The molecule has 0 aliphatic heterocycles. The van der Waals surface area contributed by atoms with Gasteiger partial charge in [0.15, 0.2) is 0 Å². The highest BCUT2D eigenvalue weighted by Gasteiger charge is 2.13. The van der Waals surface area contributed by atoms with Crippen LogP contribution in [0, 0.1) is 0 Å². The number of ether oxygens (including phenoxy) is 1. The van der Waals surface area contributed by atoms with Crippen LogP contribution < -0.4 is 15.8 Å². The lowest BCUT2D eigenvalue weighted by Crippen LogP contribution is -2.26. The van der Waals surface area contributed by atoms with Crippen molar-refractivity contribution in [2.45, 2.75) is 26.5 Å². The van der Waals surface area contributed by atoms with E-state index in [1.165, 1.54) is 6.07 Å². The molecule has 84 valence electrons.